The summed E-state index contributed by atoms with van der Waals surface area (Å²) in [5.74, 6) is 0.412. The number of ether oxygens (including phenoxy) is 1. The van der Waals surface area contributed by atoms with Crippen LogP contribution in [0.3, 0.4) is 0 Å². The molecular formula is C14H24N2O3. The molecule has 1 atom stereocenters. The summed E-state index contributed by atoms with van der Waals surface area (Å²) in [5, 5.41) is 2.93. The highest BCUT2D eigenvalue weighted by molar-refractivity contribution is 5.89. The van der Waals surface area contributed by atoms with Gasteiger partial charge in [-0.15, -0.1) is 0 Å². The molecule has 2 heterocycles. The Kier molecular flexibility index (Phi) is 4.80. The summed E-state index contributed by atoms with van der Waals surface area (Å²) < 4.78 is 5.32. The van der Waals surface area contributed by atoms with Crippen LogP contribution in [-0.2, 0) is 14.3 Å². The van der Waals surface area contributed by atoms with Gasteiger partial charge >= 0.3 is 0 Å². The fourth-order valence-electron chi connectivity index (χ4n) is 2.71. The van der Waals surface area contributed by atoms with Crippen LogP contribution < -0.4 is 5.32 Å². The standard InChI is InChI=1S/C14H24N2O3/c1-10(2)8-15-14(18)11-7-13(17)16(9-11)12-3-5-19-6-4-12/h10-12H,3-9H2,1-2H3,(H,15,18). The molecule has 1 unspecified atom stereocenters. The largest absolute Gasteiger partial charge is 0.381 e. The number of hydrogen-bond acceptors (Lipinski definition) is 3. The lowest BCUT2D eigenvalue weighted by Crippen LogP contribution is -2.41. The first-order chi connectivity index (χ1) is 9.08. The van der Waals surface area contributed by atoms with Gasteiger partial charge in [0.15, 0.2) is 0 Å². The minimum Gasteiger partial charge on any atom is -0.381 e. The number of carbonyl (C=O) groups is 2. The maximum absolute atomic E-state index is 12.0. The highest BCUT2D eigenvalue weighted by Gasteiger charge is 2.38. The van der Waals surface area contributed by atoms with Gasteiger partial charge in [0.05, 0.1) is 5.92 Å². The summed E-state index contributed by atoms with van der Waals surface area (Å²) in [5.41, 5.74) is 0. The smallest absolute Gasteiger partial charge is 0.225 e. The van der Waals surface area contributed by atoms with E-state index in [1.54, 1.807) is 0 Å². The van der Waals surface area contributed by atoms with Crippen molar-refractivity contribution in [3.05, 3.63) is 0 Å². The molecular weight excluding hydrogens is 244 g/mol. The second-order valence-electron chi connectivity index (χ2n) is 5.93. The fraction of sp³-hybridized carbons (Fsp3) is 0.857. The van der Waals surface area contributed by atoms with Crippen LogP contribution in [-0.4, -0.2) is 49.1 Å². The second-order valence-corrected chi connectivity index (χ2v) is 5.93. The third kappa shape index (κ3) is 3.69. The molecule has 108 valence electrons. The number of rotatable bonds is 4. The molecule has 2 aliphatic heterocycles. The molecule has 2 saturated heterocycles. The van der Waals surface area contributed by atoms with E-state index in [4.69, 9.17) is 4.74 Å². The highest BCUT2D eigenvalue weighted by atomic mass is 16.5. The lowest BCUT2D eigenvalue weighted by atomic mass is 10.1. The zero-order valence-corrected chi connectivity index (χ0v) is 11.9. The van der Waals surface area contributed by atoms with E-state index in [1.165, 1.54) is 0 Å². The van der Waals surface area contributed by atoms with Crippen LogP contribution in [0, 0.1) is 11.8 Å². The molecule has 0 spiro atoms. The summed E-state index contributed by atoms with van der Waals surface area (Å²) in [4.78, 5) is 25.9. The number of nitrogens with zero attached hydrogens (tertiary/aromatic N) is 1. The topological polar surface area (TPSA) is 58.6 Å². The Hall–Kier alpha value is -1.10. The zero-order chi connectivity index (χ0) is 13.8. The Labute approximate surface area is 114 Å². The van der Waals surface area contributed by atoms with Crippen molar-refractivity contribution >= 4 is 11.8 Å². The molecule has 1 N–H and O–H groups in total. The van der Waals surface area contributed by atoms with Crippen LogP contribution in [0.4, 0.5) is 0 Å². The molecule has 2 rings (SSSR count). The Morgan fingerprint density at radius 3 is 2.74 bits per heavy atom. The van der Waals surface area contributed by atoms with E-state index in [9.17, 15) is 9.59 Å². The molecule has 0 aliphatic carbocycles. The summed E-state index contributed by atoms with van der Waals surface area (Å²) in [6.45, 7) is 6.83. The van der Waals surface area contributed by atoms with E-state index in [-0.39, 0.29) is 23.8 Å². The van der Waals surface area contributed by atoms with Crippen molar-refractivity contribution in [2.45, 2.75) is 39.2 Å². The average Bonchev–Trinajstić information content (AvgIpc) is 2.79. The van der Waals surface area contributed by atoms with Gasteiger partial charge in [-0.1, -0.05) is 13.8 Å². The van der Waals surface area contributed by atoms with Gasteiger partial charge in [0.25, 0.3) is 0 Å². The Morgan fingerprint density at radius 2 is 2.11 bits per heavy atom. The number of nitrogens with one attached hydrogen (secondary N) is 1. The first-order valence-electron chi connectivity index (χ1n) is 7.23. The van der Waals surface area contributed by atoms with Gasteiger partial charge in [0.1, 0.15) is 0 Å². The SMILES string of the molecule is CC(C)CNC(=O)C1CC(=O)N(C2CCOCC2)C1. The van der Waals surface area contributed by atoms with E-state index < -0.39 is 0 Å². The van der Waals surface area contributed by atoms with E-state index >= 15 is 0 Å². The van der Waals surface area contributed by atoms with Crippen molar-refractivity contribution in [2.24, 2.45) is 11.8 Å². The van der Waals surface area contributed by atoms with Crippen LogP contribution in [0.5, 0.6) is 0 Å². The molecule has 0 aromatic rings. The van der Waals surface area contributed by atoms with E-state index in [2.05, 4.69) is 19.2 Å². The van der Waals surface area contributed by atoms with Gasteiger partial charge in [-0.25, -0.2) is 0 Å². The van der Waals surface area contributed by atoms with Crippen LogP contribution in [0.15, 0.2) is 0 Å². The van der Waals surface area contributed by atoms with Gasteiger partial charge in [-0.05, 0) is 18.8 Å². The number of likely N-dealkylation sites (tertiary alicyclic amines) is 1. The Bertz CT molecular complexity index is 338. The molecule has 0 aromatic carbocycles. The normalized spacial score (nSPS) is 25.1. The summed E-state index contributed by atoms with van der Waals surface area (Å²) >= 11 is 0. The van der Waals surface area contributed by atoms with Crippen molar-refractivity contribution in [2.75, 3.05) is 26.3 Å². The van der Waals surface area contributed by atoms with Crippen molar-refractivity contribution in [3.8, 4) is 0 Å². The van der Waals surface area contributed by atoms with Gasteiger partial charge in [-0.2, -0.15) is 0 Å². The third-order valence-electron chi connectivity index (χ3n) is 3.85. The molecule has 2 aliphatic rings. The van der Waals surface area contributed by atoms with Crippen molar-refractivity contribution in [1.29, 1.82) is 0 Å². The van der Waals surface area contributed by atoms with Gasteiger partial charge in [-0.3, -0.25) is 9.59 Å². The maximum Gasteiger partial charge on any atom is 0.225 e. The maximum atomic E-state index is 12.0. The van der Waals surface area contributed by atoms with E-state index in [0.29, 0.717) is 25.4 Å². The highest BCUT2D eigenvalue weighted by Crippen LogP contribution is 2.24. The summed E-state index contributed by atoms with van der Waals surface area (Å²) in [7, 11) is 0. The molecule has 0 bridgehead atoms. The quantitative estimate of drug-likeness (QED) is 0.820. The van der Waals surface area contributed by atoms with Gasteiger partial charge in [0, 0.05) is 38.8 Å². The third-order valence-corrected chi connectivity index (χ3v) is 3.85. The molecule has 0 saturated carbocycles. The minimum absolute atomic E-state index is 0.0246. The molecule has 2 amide bonds. The van der Waals surface area contributed by atoms with Crippen molar-refractivity contribution in [1.82, 2.24) is 10.2 Å². The van der Waals surface area contributed by atoms with Crippen LogP contribution in [0.25, 0.3) is 0 Å². The van der Waals surface area contributed by atoms with Crippen LogP contribution in [0.1, 0.15) is 33.1 Å². The summed E-state index contributed by atoms with van der Waals surface area (Å²) in [6, 6.07) is 0.268. The minimum atomic E-state index is -0.172. The predicted molar refractivity (Wildman–Crippen MR) is 71.5 cm³/mol. The van der Waals surface area contributed by atoms with Crippen LogP contribution >= 0.6 is 0 Å². The predicted octanol–water partition coefficient (Wildman–Crippen LogP) is 0.786. The molecule has 0 radical (unpaired) electrons. The molecule has 5 heteroatoms. The average molecular weight is 268 g/mol. The van der Waals surface area contributed by atoms with E-state index in [1.807, 2.05) is 4.90 Å². The number of amides is 2. The number of carbonyl (C=O) groups excluding carboxylic acids is 2. The summed E-state index contributed by atoms with van der Waals surface area (Å²) in [6.07, 6.45) is 2.15. The molecule has 2 fully saturated rings. The van der Waals surface area contributed by atoms with Gasteiger partial charge < -0.3 is 15.0 Å². The second kappa shape index (κ2) is 6.37. The van der Waals surface area contributed by atoms with Gasteiger partial charge in [0.2, 0.25) is 11.8 Å². The molecule has 19 heavy (non-hydrogen) atoms. The molecule has 0 aromatic heterocycles. The monoisotopic (exact) mass is 268 g/mol. The Balaban J connectivity index is 1.85. The van der Waals surface area contributed by atoms with Crippen molar-refractivity contribution in [3.63, 3.8) is 0 Å². The first-order valence-corrected chi connectivity index (χ1v) is 7.23. The van der Waals surface area contributed by atoms with Crippen LogP contribution in [0.2, 0.25) is 0 Å². The lowest BCUT2D eigenvalue weighted by molar-refractivity contribution is -0.131. The van der Waals surface area contributed by atoms with E-state index in [0.717, 1.165) is 26.1 Å². The lowest BCUT2D eigenvalue weighted by Gasteiger charge is -2.31. The van der Waals surface area contributed by atoms with Crippen molar-refractivity contribution < 1.29 is 14.3 Å². The molecule has 5 nitrogen and oxygen atoms in total. The first kappa shape index (κ1) is 14.3. The fourth-order valence-corrected chi connectivity index (χ4v) is 2.71. The number of hydrogen-bond donors (Lipinski definition) is 1. The zero-order valence-electron chi connectivity index (χ0n) is 11.9. The Morgan fingerprint density at radius 1 is 1.42 bits per heavy atom.